The number of nitrogens with zero attached hydrogens (tertiary/aromatic N) is 1. The topological polar surface area (TPSA) is 59.9 Å². The molecule has 0 bridgehead atoms. The van der Waals surface area contributed by atoms with Crippen LogP contribution in [-0.4, -0.2) is 25.3 Å². The number of rotatable bonds is 6. The predicted molar refractivity (Wildman–Crippen MR) is 94.7 cm³/mol. The summed E-state index contributed by atoms with van der Waals surface area (Å²) in [5, 5.41) is 3.83. The van der Waals surface area contributed by atoms with Crippen LogP contribution in [0.5, 0.6) is 11.5 Å². The van der Waals surface area contributed by atoms with E-state index in [-0.39, 0.29) is 5.75 Å². The van der Waals surface area contributed by atoms with Crippen molar-refractivity contribution in [1.82, 2.24) is 5.43 Å². The zero-order valence-corrected chi connectivity index (χ0v) is 14.7. The standard InChI is InChI=1S/C19H21FN2O3/c1-12-6-5-7-17(13(12)2)25-14(3)19(23)22-21-11-15-8-9-18(24-4)16(20)10-15/h5-11,14H,1-4H3,(H,22,23)/b21-11-/t14-/m1/s1. The van der Waals surface area contributed by atoms with Crippen LogP contribution in [0.4, 0.5) is 4.39 Å². The lowest BCUT2D eigenvalue weighted by Crippen LogP contribution is -2.33. The molecule has 2 aromatic rings. The van der Waals surface area contributed by atoms with Gasteiger partial charge in [-0.25, -0.2) is 9.82 Å². The number of hydrazone groups is 1. The minimum absolute atomic E-state index is 0.150. The smallest absolute Gasteiger partial charge is 0.280 e. The molecule has 0 spiro atoms. The number of ether oxygens (including phenoxy) is 2. The van der Waals surface area contributed by atoms with Crippen molar-refractivity contribution >= 4 is 12.1 Å². The zero-order chi connectivity index (χ0) is 18.4. The van der Waals surface area contributed by atoms with E-state index in [0.717, 1.165) is 11.1 Å². The Labute approximate surface area is 146 Å². The van der Waals surface area contributed by atoms with E-state index in [0.29, 0.717) is 11.3 Å². The molecule has 5 nitrogen and oxygen atoms in total. The van der Waals surface area contributed by atoms with Crippen LogP contribution in [0.1, 0.15) is 23.6 Å². The quantitative estimate of drug-likeness (QED) is 0.646. The molecule has 25 heavy (non-hydrogen) atoms. The molecule has 2 rings (SSSR count). The molecule has 132 valence electrons. The summed E-state index contributed by atoms with van der Waals surface area (Å²) in [7, 11) is 1.39. The van der Waals surface area contributed by atoms with Gasteiger partial charge in [0.25, 0.3) is 5.91 Å². The van der Waals surface area contributed by atoms with Crippen molar-refractivity contribution in [3.8, 4) is 11.5 Å². The first-order valence-corrected chi connectivity index (χ1v) is 7.81. The Morgan fingerprint density at radius 3 is 2.68 bits per heavy atom. The molecule has 1 atom stereocenters. The molecule has 0 saturated heterocycles. The molecule has 0 unspecified atom stereocenters. The second-order valence-electron chi connectivity index (χ2n) is 5.59. The SMILES string of the molecule is COc1ccc(/C=N\NC(=O)[C@@H](C)Oc2cccc(C)c2C)cc1F. The fourth-order valence-electron chi connectivity index (χ4n) is 2.12. The first-order valence-electron chi connectivity index (χ1n) is 7.81. The molecule has 0 aliphatic heterocycles. The molecule has 0 saturated carbocycles. The predicted octanol–water partition coefficient (Wildman–Crippen LogP) is 3.37. The first kappa shape index (κ1) is 18.4. The molecular formula is C19H21FN2O3. The van der Waals surface area contributed by atoms with Crippen LogP contribution in [0.2, 0.25) is 0 Å². The van der Waals surface area contributed by atoms with E-state index in [9.17, 15) is 9.18 Å². The number of carbonyl (C=O) groups excluding carboxylic acids is 1. The maximum absolute atomic E-state index is 13.6. The summed E-state index contributed by atoms with van der Waals surface area (Å²) in [5.41, 5.74) is 4.96. The number of benzene rings is 2. The molecular weight excluding hydrogens is 323 g/mol. The van der Waals surface area contributed by atoms with Crippen molar-refractivity contribution in [2.75, 3.05) is 7.11 Å². The van der Waals surface area contributed by atoms with Crippen molar-refractivity contribution < 1.29 is 18.7 Å². The minimum atomic E-state index is -0.717. The van der Waals surface area contributed by atoms with E-state index in [4.69, 9.17) is 9.47 Å². The number of hydrogen-bond donors (Lipinski definition) is 1. The van der Waals surface area contributed by atoms with Gasteiger partial charge >= 0.3 is 0 Å². The minimum Gasteiger partial charge on any atom is -0.494 e. The Morgan fingerprint density at radius 1 is 1.24 bits per heavy atom. The molecule has 2 aromatic carbocycles. The third kappa shape index (κ3) is 4.79. The van der Waals surface area contributed by atoms with Gasteiger partial charge in [-0.05, 0) is 61.7 Å². The lowest BCUT2D eigenvalue weighted by atomic mass is 10.1. The second-order valence-corrected chi connectivity index (χ2v) is 5.59. The van der Waals surface area contributed by atoms with E-state index in [1.54, 1.807) is 13.0 Å². The molecule has 6 heteroatoms. The van der Waals surface area contributed by atoms with Gasteiger partial charge in [0, 0.05) is 0 Å². The van der Waals surface area contributed by atoms with Gasteiger partial charge in [0.05, 0.1) is 13.3 Å². The summed E-state index contributed by atoms with van der Waals surface area (Å²) < 4.78 is 24.1. The van der Waals surface area contributed by atoms with Crippen LogP contribution < -0.4 is 14.9 Å². The molecule has 0 heterocycles. The molecule has 0 aromatic heterocycles. The van der Waals surface area contributed by atoms with E-state index >= 15 is 0 Å². The highest BCUT2D eigenvalue weighted by atomic mass is 19.1. The number of carbonyl (C=O) groups is 1. The Bertz CT molecular complexity index is 790. The average Bonchev–Trinajstić information content (AvgIpc) is 2.59. The van der Waals surface area contributed by atoms with Crippen LogP contribution in [0.15, 0.2) is 41.5 Å². The summed E-state index contributed by atoms with van der Waals surface area (Å²) >= 11 is 0. The maximum Gasteiger partial charge on any atom is 0.280 e. The summed E-state index contributed by atoms with van der Waals surface area (Å²) in [5.74, 6) is -0.0869. The van der Waals surface area contributed by atoms with Gasteiger partial charge in [0.1, 0.15) is 5.75 Å². The van der Waals surface area contributed by atoms with E-state index in [2.05, 4.69) is 10.5 Å². The molecule has 1 N–H and O–H groups in total. The van der Waals surface area contributed by atoms with Gasteiger partial charge in [0.2, 0.25) is 0 Å². The fraction of sp³-hybridized carbons (Fsp3) is 0.263. The van der Waals surface area contributed by atoms with E-state index in [1.165, 1.54) is 25.5 Å². The van der Waals surface area contributed by atoms with Crippen LogP contribution in [0.3, 0.4) is 0 Å². The summed E-state index contributed by atoms with van der Waals surface area (Å²) in [6.07, 6.45) is 0.635. The molecule has 0 radical (unpaired) electrons. The fourth-order valence-corrected chi connectivity index (χ4v) is 2.12. The number of amides is 1. The van der Waals surface area contributed by atoms with E-state index < -0.39 is 17.8 Å². The Balaban J connectivity index is 1.95. The normalized spacial score (nSPS) is 12.0. The number of halogens is 1. The van der Waals surface area contributed by atoms with Gasteiger partial charge in [-0.1, -0.05) is 12.1 Å². The summed E-state index contributed by atoms with van der Waals surface area (Å²) in [6.45, 7) is 5.55. The summed E-state index contributed by atoms with van der Waals surface area (Å²) in [4.78, 5) is 12.1. The highest BCUT2D eigenvalue weighted by Gasteiger charge is 2.15. The molecule has 0 aliphatic carbocycles. The van der Waals surface area contributed by atoms with Gasteiger partial charge in [-0.15, -0.1) is 0 Å². The molecule has 0 fully saturated rings. The van der Waals surface area contributed by atoms with Crippen molar-refractivity contribution in [2.24, 2.45) is 5.10 Å². The second kappa shape index (κ2) is 8.28. The van der Waals surface area contributed by atoms with Crippen molar-refractivity contribution in [2.45, 2.75) is 26.9 Å². The highest BCUT2D eigenvalue weighted by molar-refractivity contribution is 5.84. The maximum atomic E-state index is 13.6. The monoisotopic (exact) mass is 344 g/mol. The van der Waals surface area contributed by atoms with Crippen LogP contribution in [0.25, 0.3) is 0 Å². The third-order valence-electron chi connectivity index (χ3n) is 3.79. The number of hydrogen-bond acceptors (Lipinski definition) is 4. The van der Waals surface area contributed by atoms with Crippen LogP contribution >= 0.6 is 0 Å². The van der Waals surface area contributed by atoms with Crippen LogP contribution in [-0.2, 0) is 4.79 Å². The molecule has 0 aliphatic rings. The third-order valence-corrected chi connectivity index (χ3v) is 3.79. The van der Waals surface area contributed by atoms with Gasteiger partial charge in [-0.3, -0.25) is 4.79 Å². The number of nitrogens with one attached hydrogen (secondary N) is 1. The van der Waals surface area contributed by atoms with Crippen molar-refractivity contribution in [3.63, 3.8) is 0 Å². The molecule has 1 amide bonds. The van der Waals surface area contributed by atoms with Crippen molar-refractivity contribution in [3.05, 3.63) is 58.9 Å². The van der Waals surface area contributed by atoms with Crippen molar-refractivity contribution in [1.29, 1.82) is 0 Å². The zero-order valence-electron chi connectivity index (χ0n) is 14.7. The van der Waals surface area contributed by atoms with Gasteiger partial charge in [-0.2, -0.15) is 5.10 Å². The van der Waals surface area contributed by atoms with E-state index in [1.807, 2.05) is 32.0 Å². The Morgan fingerprint density at radius 2 is 2.00 bits per heavy atom. The lowest BCUT2D eigenvalue weighted by Gasteiger charge is -2.15. The summed E-state index contributed by atoms with van der Waals surface area (Å²) in [6, 6.07) is 10.1. The Hall–Kier alpha value is -2.89. The first-order chi connectivity index (χ1) is 11.9. The largest absolute Gasteiger partial charge is 0.494 e. The van der Waals surface area contributed by atoms with Gasteiger partial charge in [0.15, 0.2) is 17.7 Å². The lowest BCUT2D eigenvalue weighted by molar-refractivity contribution is -0.127. The highest BCUT2D eigenvalue weighted by Crippen LogP contribution is 2.21. The van der Waals surface area contributed by atoms with Crippen LogP contribution in [0, 0.1) is 19.7 Å². The Kier molecular flexibility index (Phi) is 6.11. The van der Waals surface area contributed by atoms with Gasteiger partial charge < -0.3 is 9.47 Å². The number of aryl methyl sites for hydroxylation is 1. The average molecular weight is 344 g/mol. The number of methoxy groups -OCH3 is 1.